The third-order valence-electron chi connectivity index (χ3n) is 2.53. The number of hydrogen-bond donors (Lipinski definition) is 1. The number of alkyl halides is 1. The number of rotatable bonds is 5. The fourth-order valence-electron chi connectivity index (χ4n) is 1.68. The molecule has 0 amide bonds. The van der Waals surface area contributed by atoms with Crippen LogP contribution in [0.15, 0.2) is 30.5 Å². The first-order valence-electron chi connectivity index (χ1n) is 5.63. The Morgan fingerprint density at radius 3 is 2.79 bits per heavy atom. The third kappa shape index (κ3) is 3.49. The van der Waals surface area contributed by atoms with E-state index < -0.39 is 10.0 Å². The van der Waals surface area contributed by atoms with Gasteiger partial charge in [0.2, 0.25) is 10.0 Å². The second kappa shape index (κ2) is 5.94. The van der Waals surface area contributed by atoms with Gasteiger partial charge in [-0.05, 0) is 30.7 Å². The quantitative estimate of drug-likeness (QED) is 0.861. The number of benzene rings is 1. The van der Waals surface area contributed by atoms with E-state index in [-0.39, 0.29) is 5.75 Å². The summed E-state index contributed by atoms with van der Waals surface area (Å²) in [6, 6.07) is 6.79. The summed E-state index contributed by atoms with van der Waals surface area (Å²) in [7, 11) is -3.42. The number of anilines is 1. The number of sulfonamides is 1. The highest BCUT2D eigenvalue weighted by Gasteiger charge is 2.13. The maximum Gasteiger partial charge on any atom is 0.232 e. The van der Waals surface area contributed by atoms with Crippen molar-refractivity contribution in [2.24, 2.45) is 0 Å². The maximum absolute atomic E-state index is 11.9. The Hall–Kier alpha value is -1.04. The molecule has 0 unspecified atom stereocenters. The molecule has 1 N–H and O–H groups in total. The molecular formula is C12H12Cl2N2O2S. The molecule has 102 valence electrons. The number of aromatic nitrogens is 1. The van der Waals surface area contributed by atoms with Gasteiger partial charge in [-0.3, -0.25) is 9.71 Å². The van der Waals surface area contributed by atoms with Crippen LogP contribution in [0.3, 0.4) is 0 Å². The predicted molar refractivity (Wildman–Crippen MR) is 79.5 cm³/mol. The third-order valence-corrected chi connectivity index (χ3v) is 4.48. The van der Waals surface area contributed by atoms with Gasteiger partial charge in [0.1, 0.15) is 0 Å². The average Bonchev–Trinajstić information content (AvgIpc) is 2.40. The Kier molecular flexibility index (Phi) is 4.50. The van der Waals surface area contributed by atoms with Crippen LogP contribution >= 0.6 is 23.2 Å². The smallest absolute Gasteiger partial charge is 0.232 e. The first kappa shape index (κ1) is 14.4. The number of hydrogen-bond acceptors (Lipinski definition) is 3. The number of halogens is 2. The van der Waals surface area contributed by atoms with Gasteiger partial charge in [-0.25, -0.2) is 8.42 Å². The molecule has 0 radical (unpaired) electrons. The van der Waals surface area contributed by atoms with E-state index in [1.165, 1.54) is 0 Å². The van der Waals surface area contributed by atoms with Crippen LogP contribution in [-0.2, 0) is 10.0 Å². The number of fused-ring (bicyclic) bond motifs is 1. The van der Waals surface area contributed by atoms with Gasteiger partial charge in [-0.1, -0.05) is 11.6 Å². The summed E-state index contributed by atoms with van der Waals surface area (Å²) in [5, 5.41) is 1.24. The van der Waals surface area contributed by atoms with E-state index in [0.29, 0.717) is 33.9 Å². The largest absolute Gasteiger partial charge is 0.281 e. The molecule has 1 heterocycles. The van der Waals surface area contributed by atoms with E-state index in [2.05, 4.69) is 9.71 Å². The van der Waals surface area contributed by atoms with E-state index in [0.717, 1.165) is 0 Å². The van der Waals surface area contributed by atoms with Crippen LogP contribution in [0.4, 0.5) is 5.69 Å². The molecule has 4 nitrogen and oxygen atoms in total. The number of nitrogens with zero attached hydrogens (tertiary/aromatic N) is 1. The van der Waals surface area contributed by atoms with Gasteiger partial charge in [0.15, 0.2) is 0 Å². The summed E-state index contributed by atoms with van der Waals surface area (Å²) in [6.07, 6.45) is 1.99. The standard InChI is InChI=1S/C12H12Cl2N2O2S/c13-6-2-8-19(17,18)16-11-5-4-10(14)9-3-1-7-15-12(9)11/h1,3-5,7,16H,2,6,8H2. The second-order valence-electron chi connectivity index (χ2n) is 3.96. The van der Waals surface area contributed by atoms with Crippen molar-refractivity contribution in [1.29, 1.82) is 0 Å². The Morgan fingerprint density at radius 2 is 2.05 bits per heavy atom. The fraction of sp³-hybridized carbons (Fsp3) is 0.250. The summed E-state index contributed by atoms with van der Waals surface area (Å²) >= 11 is 11.6. The lowest BCUT2D eigenvalue weighted by atomic mass is 10.2. The molecule has 1 aromatic heterocycles. The van der Waals surface area contributed by atoms with E-state index >= 15 is 0 Å². The predicted octanol–water partition coefficient (Wildman–Crippen LogP) is 3.26. The van der Waals surface area contributed by atoms with Crippen LogP contribution < -0.4 is 4.72 Å². The van der Waals surface area contributed by atoms with Gasteiger partial charge >= 0.3 is 0 Å². The van der Waals surface area contributed by atoms with Crippen LogP contribution in [0, 0.1) is 0 Å². The lowest BCUT2D eigenvalue weighted by Gasteiger charge is -2.10. The Balaban J connectivity index is 2.39. The van der Waals surface area contributed by atoms with Crippen LogP contribution in [0.25, 0.3) is 10.9 Å². The minimum absolute atomic E-state index is 0.0204. The highest BCUT2D eigenvalue weighted by atomic mass is 35.5. The summed E-state index contributed by atoms with van der Waals surface area (Å²) in [5.41, 5.74) is 0.957. The van der Waals surface area contributed by atoms with Crippen molar-refractivity contribution in [3.8, 4) is 0 Å². The summed E-state index contributed by atoms with van der Waals surface area (Å²) in [4.78, 5) is 4.17. The van der Waals surface area contributed by atoms with Crippen LogP contribution in [-0.4, -0.2) is 25.0 Å². The molecule has 0 aliphatic heterocycles. The first-order valence-corrected chi connectivity index (χ1v) is 8.19. The molecule has 0 atom stereocenters. The number of nitrogens with one attached hydrogen (secondary N) is 1. The Bertz CT molecular complexity index is 689. The highest BCUT2D eigenvalue weighted by Crippen LogP contribution is 2.28. The minimum atomic E-state index is -3.42. The van der Waals surface area contributed by atoms with E-state index in [1.807, 2.05) is 0 Å². The molecule has 2 aromatic rings. The van der Waals surface area contributed by atoms with Gasteiger partial charge in [0.05, 0.1) is 22.0 Å². The van der Waals surface area contributed by atoms with Crippen molar-refractivity contribution in [3.63, 3.8) is 0 Å². The van der Waals surface area contributed by atoms with Crippen LogP contribution in [0.1, 0.15) is 6.42 Å². The van der Waals surface area contributed by atoms with Gasteiger partial charge < -0.3 is 0 Å². The zero-order valence-corrected chi connectivity index (χ0v) is 12.3. The Morgan fingerprint density at radius 1 is 1.26 bits per heavy atom. The van der Waals surface area contributed by atoms with Crippen molar-refractivity contribution >= 4 is 49.8 Å². The first-order chi connectivity index (χ1) is 9.03. The van der Waals surface area contributed by atoms with Crippen molar-refractivity contribution in [2.75, 3.05) is 16.4 Å². The molecule has 1 aromatic carbocycles. The maximum atomic E-state index is 11.9. The highest BCUT2D eigenvalue weighted by molar-refractivity contribution is 7.92. The van der Waals surface area contributed by atoms with Crippen molar-refractivity contribution < 1.29 is 8.42 Å². The topological polar surface area (TPSA) is 59.1 Å². The molecule has 19 heavy (non-hydrogen) atoms. The van der Waals surface area contributed by atoms with Crippen LogP contribution in [0.2, 0.25) is 5.02 Å². The molecule has 0 spiro atoms. The molecule has 0 saturated heterocycles. The Labute approximate surface area is 121 Å². The van der Waals surface area contributed by atoms with Crippen LogP contribution in [0.5, 0.6) is 0 Å². The zero-order chi connectivity index (χ0) is 13.9. The lowest BCUT2D eigenvalue weighted by Crippen LogP contribution is -2.17. The van der Waals surface area contributed by atoms with Gasteiger partial charge in [0, 0.05) is 17.5 Å². The van der Waals surface area contributed by atoms with Crippen molar-refractivity contribution in [2.45, 2.75) is 6.42 Å². The van der Waals surface area contributed by atoms with Crippen molar-refractivity contribution in [1.82, 2.24) is 4.98 Å². The SMILES string of the molecule is O=S(=O)(CCCCl)Nc1ccc(Cl)c2cccnc12. The van der Waals surface area contributed by atoms with E-state index in [4.69, 9.17) is 23.2 Å². The molecule has 0 saturated carbocycles. The van der Waals surface area contributed by atoms with Gasteiger partial charge in [-0.15, -0.1) is 11.6 Å². The average molecular weight is 319 g/mol. The lowest BCUT2D eigenvalue weighted by molar-refractivity contribution is 0.600. The molecular weight excluding hydrogens is 307 g/mol. The second-order valence-corrected chi connectivity index (χ2v) is 6.59. The molecule has 0 aliphatic rings. The molecule has 7 heteroatoms. The van der Waals surface area contributed by atoms with Crippen molar-refractivity contribution in [3.05, 3.63) is 35.5 Å². The van der Waals surface area contributed by atoms with E-state index in [9.17, 15) is 8.42 Å². The zero-order valence-electron chi connectivity index (χ0n) is 9.94. The summed E-state index contributed by atoms with van der Waals surface area (Å²) in [6.45, 7) is 0. The fourth-order valence-corrected chi connectivity index (χ4v) is 3.32. The molecule has 2 rings (SSSR count). The van der Waals surface area contributed by atoms with Gasteiger partial charge in [-0.2, -0.15) is 0 Å². The number of pyridine rings is 1. The monoisotopic (exact) mass is 318 g/mol. The summed E-state index contributed by atoms with van der Waals surface area (Å²) < 4.78 is 26.2. The molecule has 0 bridgehead atoms. The molecule has 0 aliphatic carbocycles. The van der Waals surface area contributed by atoms with E-state index in [1.54, 1.807) is 30.5 Å². The normalized spacial score (nSPS) is 11.7. The van der Waals surface area contributed by atoms with Gasteiger partial charge in [0.25, 0.3) is 0 Å². The summed E-state index contributed by atoms with van der Waals surface area (Å²) in [5.74, 6) is 0.286. The molecule has 0 fully saturated rings. The minimum Gasteiger partial charge on any atom is -0.281 e.